The molecule has 0 bridgehead atoms. The Morgan fingerprint density at radius 2 is 1.75 bits per heavy atom. The van der Waals surface area contributed by atoms with Gasteiger partial charge in [-0.1, -0.05) is 29.3 Å². The van der Waals surface area contributed by atoms with Gasteiger partial charge in [-0.15, -0.1) is 0 Å². The van der Waals surface area contributed by atoms with Crippen molar-refractivity contribution in [2.45, 2.75) is 6.92 Å². The molecule has 0 saturated heterocycles. The molecule has 0 spiro atoms. The number of likely N-dealkylation sites (N-methyl/N-ethyl adjacent to an activating group) is 1. The molecule has 2 aromatic rings. The molecule has 2 rings (SSSR count). The minimum atomic E-state index is 0.613. The molecular formula is C16H17Cl2NO. The van der Waals surface area contributed by atoms with Gasteiger partial charge in [0.25, 0.3) is 0 Å². The summed E-state index contributed by atoms with van der Waals surface area (Å²) in [5.41, 5.74) is 1.11. The Hall–Kier alpha value is -1.38. The summed E-state index contributed by atoms with van der Waals surface area (Å²) >= 11 is 11.9. The van der Waals surface area contributed by atoms with Crippen LogP contribution < -0.4 is 9.64 Å². The number of benzene rings is 2. The molecule has 0 unspecified atom stereocenters. The maximum atomic E-state index is 6.02. The van der Waals surface area contributed by atoms with Gasteiger partial charge in [0.15, 0.2) is 0 Å². The molecule has 0 fully saturated rings. The number of halogens is 2. The summed E-state index contributed by atoms with van der Waals surface area (Å²) in [6, 6.07) is 15.3. The molecule has 0 atom stereocenters. The maximum Gasteiger partial charge on any atom is 0.119 e. The molecule has 2 aromatic carbocycles. The van der Waals surface area contributed by atoms with Crippen LogP contribution in [0.15, 0.2) is 48.5 Å². The molecule has 0 heterocycles. The zero-order chi connectivity index (χ0) is 14.4. The van der Waals surface area contributed by atoms with Crippen molar-refractivity contribution in [2.75, 3.05) is 24.6 Å². The second-order valence-corrected chi connectivity index (χ2v) is 5.23. The summed E-state index contributed by atoms with van der Waals surface area (Å²) in [5.74, 6) is 0.830. The Kier molecular flexibility index (Phi) is 5.57. The molecule has 0 aliphatic rings. The van der Waals surface area contributed by atoms with Crippen LogP contribution in [-0.2, 0) is 0 Å². The van der Waals surface area contributed by atoms with Crippen molar-refractivity contribution in [3.63, 3.8) is 0 Å². The van der Waals surface area contributed by atoms with Gasteiger partial charge in [-0.2, -0.15) is 0 Å². The Labute approximate surface area is 129 Å². The van der Waals surface area contributed by atoms with E-state index < -0.39 is 0 Å². The first-order valence-corrected chi connectivity index (χ1v) is 7.33. The van der Waals surface area contributed by atoms with Gasteiger partial charge < -0.3 is 9.64 Å². The van der Waals surface area contributed by atoms with E-state index in [0.717, 1.165) is 29.5 Å². The third kappa shape index (κ3) is 4.32. The standard InChI is InChI=1S/C16H17Cl2NO/c1-2-19(15-5-3-4-14(18)12-15)10-11-20-16-8-6-13(17)7-9-16/h3-9,12H,2,10-11H2,1H3. The highest BCUT2D eigenvalue weighted by Crippen LogP contribution is 2.19. The summed E-state index contributed by atoms with van der Waals surface area (Å²) < 4.78 is 5.71. The van der Waals surface area contributed by atoms with Crippen LogP contribution >= 0.6 is 23.2 Å². The van der Waals surface area contributed by atoms with Crippen LogP contribution in [0, 0.1) is 0 Å². The van der Waals surface area contributed by atoms with Gasteiger partial charge >= 0.3 is 0 Å². The predicted molar refractivity (Wildman–Crippen MR) is 86.3 cm³/mol. The van der Waals surface area contributed by atoms with Crippen LogP contribution in [0.2, 0.25) is 10.0 Å². The summed E-state index contributed by atoms with van der Waals surface area (Å²) in [5, 5.41) is 1.46. The fraction of sp³-hybridized carbons (Fsp3) is 0.250. The lowest BCUT2D eigenvalue weighted by Gasteiger charge is -2.23. The topological polar surface area (TPSA) is 12.5 Å². The van der Waals surface area contributed by atoms with Crippen LogP contribution in [0.25, 0.3) is 0 Å². The zero-order valence-electron chi connectivity index (χ0n) is 11.4. The Morgan fingerprint density at radius 1 is 1.00 bits per heavy atom. The van der Waals surface area contributed by atoms with Crippen LogP contribution in [0.5, 0.6) is 5.75 Å². The molecule has 0 aromatic heterocycles. The molecule has 0 saturated carbocycles. The van der Waals surface area contributed by atoms with E-state index in [0.29, 0.717) is 11.6 Å². The normalized spacial score (nSPS) is 10.3. The van der Waals surface area contributed by atoms with Crippen molar-refractivity contribution >= 4 is 28.9 Å². The van der Waals surface area contributed by atoms with Gasteiger partial charge in [-0.3, -0.25) is 0 Å². The summed E-state index contributed by atoms with van der Waals surface area (Å²) in [6.45, 7) is 4.44. The Balaban J connectivity index is 1.89. The maximum absolute atomic E-state index is 6.02. The van der Waals surface area contributed by atoms with Crippen molar-refractivity contribution in [3.05, 3.63) is 58.6 Å². The van der Waals surface area contributed by atoms with Crippen molar-refractivity contribution < 1.29 is 4.74 Å². The van der Waals surface area contributed by atoms with Crippen molar-refractivity contribution in [1.82, 2.24) is 0 Å². The SMILES string of the molecule is CCN(CCOc1ccc(Cl)cc1)c1cccc(Cl)c1. The highest BCUT2D eigenvalue weighted by atomic mass is 35.5. The first kappa shape index (κ1) is 15.0. The van der Waals surface area contributed by atoms with E-state index in [-0.39, 0.29) is 0 Å². The average molecular weight is 310 g/mol. The van der Waals surface area contributed by atoms with E-state index in [9.17, 15) is 0 Å². The smallest absolute Gasteiger partial charge is 0.119 e. The summed E-state index contributed by atoms with van der Waals surface area (Å²) in [4.78, 5) is 2.22. The first-order valence-electron chi connectivity index (χ1n) is 6.58. The van der Waals surface area contributed by atoms with Crippen LogP contribution in [0.3, 0.4) is 0 Å². The fourth-order valence-electron chi connectivity index (χ4n) is 1.95. The van der Waals surface area contributed by atoms with Crippen LogP contribution in [0.4, 0.5) is 5.69 Å². The Bertz CT molecular complexity index is 542. The minimum absolute atomic E-state index is 0.613. The third-order valence-electron chi connectivity index (χ3n) is 3.00. The van der Waals surface area contributed by atoms with E-state index in [1.54, 1.807) is 0 Å². The quantitative estimate of drug-likeness (QED) is 0.752. The van der Waals surface area contributed by atoms with Gasteiger partial charge in [0, 0.05) is 22.3 Å². The lowest BCUT2D eigenvalue weighted by molar-refractivity contribution is 0.324. The van der Waals surface area contributed by atoms with Gasteiger partial charge in [-0.05, 0) is 49.4 Å². The molecule has 0 aliphatic carbocycles. The van der Waals surface area contributed by atoms with E-state index in [1.165, 1.54) is 0 Å². The van der Waals surface area contributed by atoms with Gasteiger partial charge in [0.2, 0.25) is 0 Å². The van der Waals surface area contributed by atoms with E-state index in [1.807, 2.05) is 42.5 Å². The summed E-state index contributed by atoms with van der Waals surface area (Å²) in [6.07, 6.45) is 0. The molecule has 0 radical (unpaired) electrons. The zero-order valence-corrected chi connectivity index (χ0v) is 12.9. The first-order chi connectivity index (χ1) is 9.69. The van der Waals surface area contributed by atoms with Gasteiger partial charge in [0.1, 0.15) is 12.4 Å². The third-order valence-corrected chi connectivity index (χ3v) is 3.49. The minimum Gasteiger partial charge on any atom is -0.492 e. The molecular weight excluding hydrogens is 293 g/mol. The van der Waals surface area contributed by atoms with Crippen molar-refractivity contribution in [2.24, 2.45) is 0 Å². The molecule has 0 aliphatic heterocycles. The predicted octanol–water partition coefficient (Wildman–Crippen LogP) is 4.90. The molecule has 0 amide bonds. The molecule has 2 nitrogen and oxygen atoms in total. The number of anilines is 1. The largest absolute Gasteiger partial charge is 0.492 e. The number of rotatable bonds is 6. The van der Waals surface area contributed by atoms with Crippen molar-refractivity contribution in [1.29, 1.82) is 0 Å². The molecule has 4 heteroatoms. The lowest BCUT2D eigenvalue weighted by atomic mass is 10.3. The molecule has 0 N–H and O–H groups in total. The lowest BCUT2D eigenvalue weighted by Crippen LogP contribution is -2.27. The Morgan fingerprint density at radius 3 is 2.40 bits per heavy atom. The van der Waals surface area contributed by atoms with Gasteiger partial charge in [-0.25, -0.2) is 0 Å². The highest BCUT2D eigenvalue weighted by molar-refractivity contribution is 6.31. The molecule has 106 valence electrons. The monoisotopic (exact) mass is 309 g/mol. The highest BCUT2D eigenvalue weighted by Gasteiger charge is 2.05. The van der Waals surface area contributed by atoms with E-state index >= 15 is 0 Å². The number of ether oxygens (including phenoxy) is 1. The fourth-order valence-corrected chi connectivity index (χ4v) is 2.26. The van der Waals surface area contributed by atoms with Crippen LogP contribution in [-0.4, -0.2) is 19.7 Å². The average Bonchev–Trinajstić information content (AvgIpc) is 2.45. The van der Waals surface area contributed by atoms with Crippen LogP contribution in [0.1, 0.15) is 6.92 Å². The second-order valence-electron chi connectivity index (χ2n) is 4.36. The number of nitrogens with zero attached hydrogens (tertiary/aromatic N) is 1. The number of hydrogen-bond donors (Lipinski definition) is 0. The van der Waals surface area contributed by atoms with Gasteiger partial charge in [0.05, 0.1) is 6.54 Å². The molecule has 20 heavy (non-hydrogen) atoms. The van der Waals surface area contributed by atoms with Crippen molar-refractivity contribution in [3.8, 4) is 5.75 Å². The van der Waals surface area contributed by atoms with E-state index in [2.05, 4.69) is 17.9 Å². The van der Waals surface area contributed by atoms with E-state index in [4.69, 9.17) is 27.9 Å². The summed E-state index contributed by atoms with van der Waals surface area (Å²) in [7, 11) is 0. The second kappa shape index (κ2) is 7.41. The number of hydrogen-bond acceptors (Lipinski definition) is 2.